The molecule has 1 aromatic heterocycles. The van der Waals surface area contributed by atoms with Crippen LogP contribution in [0.3, 0.4) is 0 Å². The number of rotatable bonds is 4. The van der Waals surface area contributed by atoms with E-state index >= 15 is 0 Å². The fraction of sp³-hybridized carbons (Fsp3) is 0.400. The Bertz CT molecular complexity index is 810. The van der Waals surface area contributed by atoms with Crippen molar-refractivity contribution in [2.24, 2.45) is 7.05 Å². The van der Waals surface area contributed by atoms with Gasteiger partial charge >= 0.3 is 6.18 Å². The van der Waals surface area contributed by atoms with Crippen molar-refractivity contribution < 1.29 is 21.6 Å². The van der Waals surface area contributed by atoms with E-state index in [0.717, 1.165) is 17.7 Å². The zero-order valence-corrected chi connectivity index (χ0v) is 13.7. The Morgan fingerprint density at radius 2 is 1.96 bits per heavy atom. The molecule has 2 aromatic rings. The molecule has 1 unspecified atom stereocenters. The molecule has 2 rings (SSSR count). The maximum absolute atomic E-state index is 12.8. The van der Waals surface area contributed by atoms with E-state index in [9.17, 15) is 21.6 Å². The molecular weight excluding hydrogens is 329 g/mol. The average Bonchev–Trinajstić information content (AvgIpc) is 2.74. The van der Waals surface area contributed by atoms with E-state index in [1.807, 2.05) is 0 Å². The van der Waals surface area contributed by atoms with Gasteiger partial charge in [-0.2, -0.15) is 18.3 Å². The molecule has 0 radical (unpaired) electrons. The lowest BCUT2D eigenvalue weighted by Gasteiger charge is -2.15. The molecule has 23 heavy (non-hydrogen) atoms. The molecule has 0 amide bonds. The zero-order valence-electron chi connectivity index (χ0n) is 12.9. The predicted octanol–water partition coefficient (Wildman–Crippen LogP) is 3.42. The van der Waals surface area contributed by atoms with Crippen molar-refractivity contribution in [3.05, 3.63) is 52.8 Å². The molecule has 1 aromatic carbocycles. The second-order valence-electron chi connectivity index (χ2n) is 5.51. The normalized spacial score (nSPS) is 14.0. The van der Waals surface area contributed by atoms with Gasteiger partial charge in [0.1, 0.15) is 0 Å². The molecule has 0 saturated carbocycles. The Balaban J connectivity index is 2.32. The number of hydrogen-bond acceptors (Lipinski definition) is 3. The number of benzene rings is 1. The minimum absolute atomic E-state index is 0.119. The maximum Gasteiger partial charge on any atom is 0.416 e. The third kappa shape index (κ3) is 3.93. The van der Waals surface area contributed by atoms with Crippen LogP contribution in [0.25, 0.3) is 0 Å². The number of nitrogens with zero attached hydrogens (tertiary/aromatic N) is 2. The molecule has 0 fully saturated rings. The van der Waals surface area contributed by atoms with Gasteiger partial charge in [-0.15, -0.1) is 0 Å². The number of sulfone groups is 1. The summed E-state index contributed by atoms with van der Waals surface area (Å²) in [4.78, 5) is 0. The Kier molecular flexibility index (Phi) is 4.57. The van der Waals surface area contributed by atoms with Gasteiger partial charge in [0.2, 0.25) is 0 Å². The minimum Gasteiger partial charge on any atom is -0.275 e. The van der Waals surface area contributed by atoms with Crippen molar-refractivity contribution in [2.75, 3.05) is 0 Å². The highest BCUT2D eigenvalue weighted by Crippen LogP contribution is 2.33. The summed E-state index contributed by atoms with van der Waals surface area (Å²) in [7, 11) is -2.00. The molecule has 8 heteroatoms. The van der Waals surface area contributed by atoms with Crippen LogP contribution in [0, 0.1) is 6.92 Å². The molecule has 0 bridgehead atoms. The third-order valence-corrected chi connectivity index (χ3v) is 5.70. The lowest BCUT2D eigenvalue weighted by atomic mass is 10.1. The first-order chi connectivity index (χ1) is 10.5. The first-order valence-electron chi connectivity index (χ1n) is 6.88. The third-order valence-electron chi connectivity index (χ3n) is 3.67. The summed E-state index contributed by atoms with van der Waals surface area (Å²) < 4.78 is 64.8. The van der Waals surface area contributed by atoms with Crippen molar-refractivity contribution in [2.45, 2.75) is 31.0 Å². The maximum atomic E-state index is 12.8. The fourth-order valence-corrected chi connectivity index (χ4v) is 3.76. The first-order valence-corrected chi connectivity index (χ1v) is 8.60. The summed E-state index contributed by atoms with van der Waals surface area (Å²) in [5.41, 5.74) is 0.401. The Labute approximate surface area is 132 Å². The van der Waals surface area contributed by atoms with Crippen molar-refractivity contribution in [3.63, 3.8) is 0 Å². The molecule has 0 saturated heterocycles. The fourth-order valence-electron chi connectivity index (χ4n) is 2.29. The van der Waals surface area contributed by atoms with Crippen molar-refractivity contribution in [1.82, 2.24) is 9.78 Å². The van der Waals surface area contributed by atoms with E-state index in [1.54, 1.807) is 20.2 Å². The number of hydrogen-bond donors (Lipinski definition) is 0. The van der Waals surface area contributed by atoms with Crippen LogP contribution in [0.15, 0.2) is 30.5 Å². The summed E-state index contributed by atoms with van der Waals surface area (Å²) in [6.07, 6.45) is -2.81. The lowest BCUT2D eigenvalue weighted by Crippen LogP contribution is -2.15. The van der Waals surface area contributed by atoms with E-state index in [4.69, 9.17) is 0 Å². The quantitative estimate of drug-likeness (QED) is 0.852. The SMILES string of the molecule is Cc1cn(C)nc1CS(=O)(=O)C(C)c1cccc(C(F)(F)F)c1. The first kappa shape index (κ1) is 17.5. The summed E-state index contributed by atoms with van der Waals surface area (Å²) in [5, 5.41) is 3.04. The van der Waals surface area contributed by atoms with Crippen LogP contribution in [0.5, 0.6) is 0 Å². The molecule has 1 heterocycles. The highest BCUT2D eigenvalue weighted by Gasteiger charge is 2.32. The van der Waals surface area contributed by atoms with Crippen LogP contribution in [-0.4, -0.2) is 18.2 Å². The molecule has 0 aliphatic rings. The van der Waals surface area contributed by atoms with Gasteiger partial charge in [-0.05, 0) is 31.0 Å². The van der Waals surface area contributed by atoms with Gasteiger partial charge in [-0.1, -0.05) is 18.2 Å². The lowest BCUT2D eigenvalue weighted by molar-refractivity contribution is -0.137. The predicted molar refractivity (Wildman–Crippen MR) is 80.4 cm³/mol. The Morgan fingerprint density at radius 3 is 2.48 bits per heavy atom. The smallest absolute Gasteiger partial charge is 0.275 e. The van der Waals surface area contributed by atoms with Crippen LogP contribution in [0.4, 0.5) is 13.2 Å². The standard InChI is InChI=1S/C15H17F3N2O2S/c1-10-8-20(3)19-14(10)9-23(21,22)11(2)12-5-4-6-13(7-12)15(16,17)18/h4-8,11H,9H2,1-3H3. The molecule has 126 valence electrons. The monoisotopic (exact) mass is 346 g/mol. The van der Waals surface area contributed by atoms with E-state index in [2.05, 4.69) is 5.10 Å². The second-order valence-corrected chi connectivity index (χ2v) is 7.83. The summed E-state index contributed by atoms with van der Waals surface area (Å²) in [5.74, 6) is -0.308. The number of alkyl halides is 3. The van der Waals surface area contributed by atoms with Gasteiger partial charge in [0.05, 0.1) is 22.3 Å². The number of halogens is 3. The zero-order chi connectivity index (χ0) is 17.4. The van der Waals surface area contributed by atoms with E-state index in [1.165, 1.54) is 23.7 Å². The van der Waals surface area contributed by atoms with Crippen molar-refractivity contribution in [1.29, 1.82) is 0 Å². The Morgan fingerprint density at radius 1 is 1.30 bits per heavy atom. The van der Waals surface area contributed by atoms with Gasteiger partial charge in [0, 0.05) is 13.2 Å². The van der Waals surface area contributed by atoms with Crippen LogP contribution in [-0.2, 0) is 28.8 Å². The summed E-state index contributed by atoms with van der Waals surface area (Å²) in [6, 6.07) is 4.41. The molecular formula is C15H17F3N2O2S. The van der Waals surface area contributed by atoms with Gasteiger partial charge in [-0.3, -0.25) is 4.68 Å². The van der Waals surface area contributed by atoms with Crippen molar-refractivity contribution >= 4 is 9.84 Å². The highest BCUT2D eigenvalue weighted by atomic mass is 32.2. The van der Waals surface area contributed by atoms with Crippen LogP contribution in [0.2, 0.25) is 0 Å². The van der Waals surface area contributed by atoms with E-state index < -0.39 is 26.8 Å². The van der Waals surface area contributed by atoms with Crippen LogP contribution >= 0.6 is 0 Å². The number of aromatic nitrogens is 2. The Hall–Kier alpha value is -1.83. The highest BCUT2D eigenvalue weighted by molar-refractivity contribution is 7.90. The van der Waals surface area contributed by atoms with Gasteiger partial charge in [-0.25, -0.2) is 8.42 Å². The summed E-state index contributed by atoms with van der Waals surface area (Å²) in [6.45, 7) is 3.13. The molecule has 4 nitrogen and oxygen atoms in total. The summed E-state index contributed by atoms with van der Waals surface area (Å²) >= 11 is 0. The van der Waals surface area contributed by atoms with Crippen molar-refractivity contribution in [3.8, 4) is 0 Å². The van der Waals surface area contributed by atoms with Crippen LogP contribution < -0.4 is 0 Å². The molecule has 0 N–H and O–H groups in total. The van der Waals surface area contributed by atoms with E-state index in [0.29, 0.717) is 5.69 Å². The number of aryl methyl sites for hydroxylation is 2. The largest absolute Gasteiger partial charge is 0.416 e. The molecule has 0 aliphatic carbocycles. The molecule has 1 atom stereocenters. The average molecular weight is 346 g/mol. The minimum atomic E-state index is -4.50. The topological polar surface area (TPSA) is 52.0 Å². The molecule has 0 spiro atoms. The van der Waals surface area contributed by atoms with E-state index in [-0.39, 0.29) is 11.3 Å². The molecule has 0 aliphatic heterocycles. The van der Waals surface area contributed by atoms with Crippen LogP contribution in [0.1, 0.15) is 34.6 Å². The van der Waals surface area contributed by atoms with Gasteiger partial charge in [0.15, 0.2) is 9.84 Å². The van der Waals surface area contributed by atoms with Gasteiger partial charge < -0.3 is 0 Å². The second kappa shape index (κ2) is 5.99. The van der Waals surface area contributed by atoms with Gasteiger partial charge in [0.25, 0.3) is 0 Å².